The molecule has 0 aromatic carbocycles. The first kappa shape index (κ1) is 20.3. The maximum atomic E-state index is 12.3. The Morgan fingerprint density at radius 1 is 1.41 bits per heavy atom. The highest BCUT2D eigenvalue weighted by Gasteiger charge is 2.67. The molecule has 1 aliphatic heterocycles. The van der Waals surface area contributed by atoms with Gasteiger partial charge in [0, 0.05) is 23.3 Å². The molecule has 1 heterocycles. The van der Waals surface area contributed by atoms with Crippen LogP contribution in [0.15, 0.2) is 12.2 Å². The Bertz CT molecular complexity index is 646. The van der Waals surface area contributed by atoms with E-state index in [4.69, 9.17) is 9.47 Å². The zero-order chi connectivity index (χ0) is 20.3. The van der Waals surface area contributed by atoms with Gasteiger partial charge in [0.1, 0.15) is 12.2 Å². The van der Waals surface area contributed by atoms with Crippen LogP contribution in [0, 0.1) is 29.1 Å². The third kappa shape index (κ3) is 2.82. The van der Waals surface area contributed by atoms with Gasteiger partial charge in [-0.25, -0.2) is 4.79 Å². The van der Waals surface area contributed by atoms with E-state index in [-0.39, 0.29) is 23.9 Å². The fraction of sp³-hybridized carbons (Fsp3) is 0.800. The molecule has 7 nitrogen and oxygen atoms in total. The van der Waals surface area contributed by atoms with Crippen LogP contribution < -0.4 is 0 Å². The number of hydrogen-bond acceptors (Lipinski definition) is 7. The van der Waals surface area contributed by atoms with Gasteiger partial charge in [0.05, 0.1) is 30.1 Å². The summed E-state index contributed by atoms with van der Waals surface area (Å²) < 4.78 is 11.0. The minimum Gasteiger partial charge on any atom is -0.462 e. The van der Waals surface area contributed by atoms with Crippen molar-refractivity contribution in [3.63, 3.8) is 0 Å². The minimum absolute atomic E-state index is 0.105. The molecule has 0 amide bonds. The van der Waals surface area contributed by atoms with Crippen molar-refractivity contribution in [2.75, 3.05) is 0 Å². The molecule has 1 saturated heterocycles. The van der Waals surface area contributed by atoms with Crippen molar-refractivity contribution in [2.24, 2.45) is 29.1 Å². The second-order valence-electron chi connectivity index (χ2n) is 8.64. The molecular formula is C20H30O7. The summed E-state index contributed by atoms with van der Waals surface area (Å²) in [6.45, 7) is 10.9. The van der Waals surface area contributed by atoms with Gasteiger partial charge in [-0.15, -0.1) is 0 Å². The summed E-state index contributed by atoms with van der Waals surface area (Å²) >= 11 is 0. The molecular weight excluding hydrogens is 352 g/mol. The molecule has 0 radical (unpaired) electrons. The van der Waals surface area contributed by atoms with Gasteiger partial charge in [-0.3, -0.25) is 4.79 Å². The van der Waals surface area contributed by atoms with Gasteiger partial charge in [-0.05, 0) is 12.3 Å². The molecule has 2 saturated carbocycles. The molecule has 2 aliphatic carbocycles. The summed E-state index contributed by atoms with van der Waals surface area (Å²) in [7, 11) is 0. The van der Waals surface area contributed by atoms with Gasteiger partial charge in [-0.2, -0.15) is 0 Å². The van der Waals surface area contributed by atoms with E-state index in [1.165, 1.54) is 0 Å². The van der Waals surface area contributed by atoms with E-state index in [1.54, 1.807) is 20.8 Å². The van der Waals surface area contributed by atoms with Crippen molar-refractivity contribution in [1.29, 1.82) is 0 Å². The SMILES string of the molecule is C=C1C(=O)O[C@H]2[C@H](O)[C@@H](C)[C@@H]3[C@@H](OC(=O)[C@H](C)CC)C[C@@H](O)[C@@]3(C)[C@H](O)[C@H]12. The number of rotatable bonds is 3. The highest BCUT2D eigenvalue weighted by Crippen LogP contribution is 2.57. The standard InChI is InChI=1S/C20H30O7/c1-6-8(2)18(24)26-11-7-12(21)20(5)14(11)10(4)15(22)16-13(17(20)23)9(3)19(25)27-16/h8,10-17,21-23H,3,6-7H2,1-2,4-5H3/t8-,10+,11+,12-,13-,14-,15-,16-,17-,20-/m1/s1. The van der Waals surface area contributed by atoms with Crippen molar-refractivity contribution < 1.29 is 34.4 Å². The molecule has 3 aliphatic rings. The maximum absolute atomic E-state index is 12.3. The summed E-state index contributed by atoms with van der Waals surface area (Å²) in [4.78, 5) is 24.3. The van der Waals surface area contributed by atoms with Crippen molar-refractivity contribution in [1.82, 2.24) is 0 Å². The third-order valence-corrected chi connectivity index (χ3v) is 7.26. The molecule has 3 fully saturated rings. The number of fused-ring (bicyclic) bond motifs is 2. The summed E-state index contributed by atoms with van der Waals surface area (Å²) in [5.41, 5.74) is -0.968. The Morgan fingerprint density at radius 2 is 2.04 bits per heavy atom. The van der Waals surface area contributed by atoms with E-state index in [0.29, 0.717) is 6.42 Å². The summed E-state index contributed by atoms with van der Waals surface area (Å²) in [5.74, 6) is -3.01. The Kier molecular flexibility index (Phi) is 5.16. The summed E-state index contributed by atoms with van der Waals surface area (Å²) in [6, 6.07) is 0. The molecule has 0 unspecified atom stereocenters. The fourth-order valence-corrected chi connectivity index (χ4v) is 5.25. The minimum atomic E-state index is -1.16. The zero-order valence-corrected chi connectivity index (χ0v) is 16.3. The number of aliphatic hydroxyl groups is 3. The van der Waals surface area contributed by atoms with Crippen LogP contribution in [-0.2, 0) is 19.1 Å². The second-order valence-corrected chi connectivity index (χ2v) is 8.64. The largest absolute Gasteiger partial charge is 0.462 e. The van der Waals surface area contributed by atoms with Crippen LogP contribution in [0.5, 0.6) is 0 Å². The molecule has 3 N–H and O–H groups in total. The van der Waals surface area contributed by atoms with Crippen LogP contribution in [0.1, 0.15) is 40.5 Å². The van der Waals surface area contributed by atoms with Gasteiger partial charge in [0.2, 0.25) is 0 Å². The number of ether oxygens (including phenoxy) is 2. The second kappa shape index (κ2) is 6.87. The lowest BCUT2D eigenvalue weighted by Crippen LogP contribution is -2.49. The molecule has 10 atom stereocenters. The van der Waals surface area contributed by atoms with E-state index in [0.717, 1.165) is 0 Å². The Hall–Kier alpha value is -1.44. The average molecular weight is 382 g/mol. The van der Waals surface area contributed by atoms with Gasteiger partial charge >= 0.3 is 11.9 Å². The lowest BCUT2D eigenvalue weighted by atomic mass is 9.67. The smallest absolute Gasteiger partial charge is 0.334 e. The Morgan fingerprint density at radius 3 is 2.63 bits per heavy atom. The fourth-order valence-electron chi connectivity index (χ4n) is 5.25. The van der Waals surface area contributed by atoms with Crippen molar-refractivity contribution in [3.05, 3.63) is 12.2 Å². The average Bonchev–Trinajstić information content (AvgIpc) is 3.04. The van der Waals surface area contributed by atoms with E-state index in [2.05, 4.69) is 6.58 Å². The topological polar surface area (TPSA) is 113 Å². The predicted octanol–water partition coefficient (Wildman–Crippen LogP) is 0.801. The number of esters is 2. The molecule has 0 spiro atoms. The summed E-state index contributed by atoms with van der Waals surface area (Å²) in [5, 5.41) is 32.9. The van der Waals surface area contributed by atoms with Crippen molar-refractivity contribution >= 4 is 11.9 Å². The van der Waals surface area contributed by atoms with Gasteiger partial charge in [0.25, 0.3) is 0 Å². The summed E-state index contributed by atoms with van der Waals surface area (Å²) in [6.07, 6.45) is -3.91. The first-order valence-corrected chi connectivity index (χ1v) is 9.70. The van der Waals surface area contributed by atoms with Crippen molar-refractivity contribution in [2.45, 2.75) is 71.1 Å². The Labute approximate surface area is 159 Å². The number of hydrogen-bond donors (Lipinski definition) is 3. The molecule has 3 rings (SSSR count). The Balaban J connectivity index is 1.99. The molecule has 0 aromatic rings. The molecule has 152 valence electrons. The van der Waals surface area contributed by atoms with E-state index >= 15 is 0 Å². The van der Waals surface area contributed by atoms with Crippen molar-refractivity contribution in [3.8, 4) is 0 Å². The monoisotopic (exact) mass is 382 g/mol. The molecule has 7 heteroatoms. The number of aliphatic hydroxyl groups excluding tert-OH is 3. The molecule has 27 heavy (non-hydrogen) atoms. The highest BCUT2D eigenvalue weighted by atomic mass is 16.6. The molecule has 0 bridgehead atoms. The third-order valence-electron chi connectivity index (χ3n) is 7.26. The number of carbonyl (C=O) groups is 2. The highest BCUT2D eigenvalue weighted by molar-refractivity contribution is 5.91. The van der Waals surface area contributed by atoms with Crippen LogP contribution in [0.3, 0.4) is 0 Å². The first-order valence-electron chi connectivity index (χ1n) is 9.70. The first-order chi connectivity index (χ1) is 12.5. The van der Waals surface area contributed by atoms with E-state index in [9.17, 15) is 24.9 Å². The lowest BCUT2D eigenvalue weighted by molar-refractivity contribution is -0.160. The lowest BCUT2D eigenvalue weighted by Gasteiger charge is -2.41. The normalized spacial score (nSPS) is 47.7. The zero-order valence-electron chi connectivity index (χ0n) is 16.3. The van der Waals surface area contributed by atoms with Crippen LogP contribution >= 0.6 is 0 Å². The maximum Gasteiger partial charge on any atom is 0.334 e. The van der Waals surface area contributed by atoms with Gasteiger partial charge in [0.15, 0.2) is 0 Å². The van der Waals surface area contributed by atoms with E-state index in [1.807, 2.05) is 6.92 Å². The number of carbonyl (C=O) groups excluding carboxylic acids is 2. The molecule has 0 aromatic heterocycles. The van der Waals surface area contributed by atoms with E-state index < -0.39 is 59.7 Å². The predicted molar refractivity (Wildman–Crippen MR) is 95.2 cm³/mol. The van der Waals surface area contributed by atoms with Crippen LogP contribution in [0.25, 0.3) is 0 Å². The van der Waals surface area contributed by atoms with Crippen LogP contribution in [0.4, 0.5) is 0 Å². The quantitative estimate of drug-likeness (QED) is 0.489. The van der Waals surface area contributed by atoms with Gasteiger partial charge < -0.3 is 24.8 Å². The van der Waals surface area contributed by atoms with Crippen LogP contribution in [-0.4, -0.2) is 57.8 Å². The van der Waals surface area contributed by atoms with Gasteiger partial charge in [-0.1, -0.05) is 34.3 Å². The van der Waals surface area contributed by atoms with Crippen LogP contribution in [0.2, 0.25) is 0 Å².